The van der Waals surface area contributed by atoms with E-state index in [1.165, 1.54) is 6.07 Å². The average Bonchev–Trinajstić information content (AvgIpc) is 2.83. The van der Waals surface area contributed by atoms with Gasteiger partial charge in [0, 0.05) is 24.7 Å². The third-order valence-electron chi connectivity index (χ3n) is 2.90. The molecule has 1 aromatic carbocycles. The summed E-state index contributed by atoms with van der Waals surface area (Å²) in [6.07, 6.45) is 4.35. The predicted octanol–water partition coefficient (Wildman–Crippen LogP) is 3.47. The van der Waals surface area contributed by atoms with Crippen LogP contribution in [0, 0.1) is 5.82 Å². The lowest BCUT2D eigenvalue weighted by molar-refractivity contribution is 0.178. The molecule has 0 saturated carbocycles. The molecule has 1 atom stereocenters. The highest BCUT2D eigenvalue weighted by Crippen LogP contribution is 2.22. The van der Waals surface area contributed by atoms with Gasteiger partial charge < -0.3 is 5.11 Å². The maximum atomic E-state index is 13.1. The van der Waals surface area contributed by atoms with Crippen LogP contribution in [0.1, 0.15) is 30.6 Å². The smallest absolute Gasteiger partial charge is 0.137 e. The standard InChI is InChI=1S/C14H16BrFN2O/c1-2-5-18-9-11(8-17-18)14(19)7-10-3-4-13(16)12(15)6-10/h3-4,6,8-9,14,19H,2,5,7H2,1H3. The van der Waals surface area contributed by atoms with E-state index in [-0.39, 0.29) is 5.82 Å². The summed E-state index contributed by atoms with van der Waals surface area (Å²) in [7, 11) is 0. The molecule has 3 nitrogen and oxygen atoms in total. The maximum Gasteiger partial charge on any atom is 0.137 e. The first-order valence-corrected chi connectivity index (χ1v) is 7.03. The van der Waals surface area contributed by atoms with E-state index in [1.807, 2.05) is 10.9 Å². The SMILES string of the molecule is CCCn1cc(C(O)Cc2ccc(F)c(Br)c2)cn1. The molecule has 0 aliphatic carbocycles. The highest BCUT2D eigenvalue weighted by Gasteiger charge is 2.12. The van der Waals surface area contributed by atoms with Crippen LogP contribution in [-0.2, 0) is 13.0 Å². The van der Waals surface area contributed by atoms with E-state index in [2.05, 4.69) is 28.0 Å². The van der Waals surface area contributed by atoms with Gasteiger partial charge in [0.1, 0.15) is 5.82 Å². The van der Waals surface area contributed by atoms with Crippen molar-refractivity contribution in [3.63, 3.8) is 0 Å². The number of aliphatic hydroxyl groups is 1. The Morgan fingerprint density at radius 1 is 1.47 bits per heavy atom. The van der Waals surface area contributed by atoms with Crippen molar-refractivity contribution in [2.24, 2.45) is 0 Å². The molecule has 1 unspecified atom stereocenters. The summed E-state index contributed by atoms with van der Waals surface area (Å²) in [5.41, 5.74) is 1.66. The Morgan fingerprint density at radius 2 is 2.26 bits per heavy atom. The second kappa shape index (κ2) is 6.30. The average molecular weight is 327 g/mol. The first-order chi connectivity index (χ1) is 9.10. The minimum Gasteiger partial charge on any atom is -0.388 e. The molecule has 1 heterocycles. The van der Waals surface area contributed by atoms with Gasteiger partial charge in [-0.2, -0.15) is 5.10 Å². The Bertz CT molecular complexity index is 556. The highest BCUT2D eigenvalue weighted by atomic mass is 79.9. The van der Waals surface area contributed by atoms with Gasteiger partial charge >= 0.3 is 0 Å². The van der Waals surface area contributed by atoms with Crippen molar-refractivity contribution in [3.05, 3.63) is 52.0 Å². The number of hydrogen-bond donors (Lipinski definition) is 1. The number of halogens is 2. The minimum absolute atomic E-state index is 0.297. The van der Waals surface area contributed by atoms with E-state index < -0.39 is 6.10 Å². The molecule has 5 heteroatoms. The molecule has 0 saturated heterocycles. The fraction of sp³-hybridized carbons (Fsp3) is 0.357. The van der Waals surface area contributed by atoms with Crippen molar-refractivity contribution in [1.29, 1.82) is 0 Å². The highest BCUT2D eigenvalue weighted by molar-refractivity contribution is 9.10. The van der Waals surface area contributed by atoms with Crippen molar-refractivity contribution in [3.8, 4) is 0 Å². The van der Waals surface area contributed by atoms with Crippen molar-refractivity contribution < 1.29 is 9.50 Å². The first-order valence-electron chi connectivity index (χ1n) is 6.24. The normalized spacial score (nSPS) is 12.6. The molecule has 0 aliphatic rings. The molecular formula is C14H16BrFN2O. The second-order valence-corrected chi connectivity index (χ2v) is 5.36. The molecule has 2 rings (SSSR count). The lowest BCUT2D eigenvalue weighted by Crippen LogP contribution is -2.01. The molecule has 0 radical (unpaired) electrons. The Labute approximate surface area is 120 Å². The molecule has 0 spiro atoms. The van der Waals surface area contributed by atoms with Gasteiger partial charge in [0.15, 0.2) is 0 Å². The zero-order valence-corrected chi connectivity index (χ0v) is 12.3. The molecule has 0 bridgehead atoms. The van der Waals surface area contributed by atoms with E-state index in [9.17, 15) is 9.50 Å². The molecule has 0 amide bonds. The van der Waals surface area contributed by atoms with E-state index in [0.29, 0.717) is 10.9 Å². The van der Waals surface area contributed by atoms with Crippen LogP contribution in [0.4, 0.5) is 4.39 Å². The summed E-state index contributed by atoms with van der Waals surface area (Å²) < 4.78 is 15.4. The van der Waals surface area contributed by atoms with E-state index in [4.69, 9.17) is 0 Å². The summed E-state index contributed by atoms with van der Waals surface area (Å²) in [6.45, 7) is 2.92. The summed E-state index contributed by atoms with van der Waals surface area (Å²) in [5, 5.41) is 14.3. The van der Waals surface area contributed by atoms with E-state index in [0.717, 1.165) is 24.1 Å². The van der Waals surface area contributed by atoms with Crippen LogP contribution in [0.15, 0.2) is 35.1 Å². The summed E-state index contributed by atoms with van der Waals surface area (Å²) >= 11 is 3.14. The Kier molecular flexibility index (Phi) is 4.71. The van der Waals surface area contributed by atoms with Crippen LogP contribution in [0.2, 0.25) is 0 Å². The summed E-state index contributed by atoms with van der Waals surface area (Å²) in [6, 6.07) is 4.77. The van der Waals surface area contributed by atoms with Gasteiger partial charge in [0.05, 0.1) is 16.8 Å². The molecule has 19 heavy (non-hydrogen) atoms. The third kappa shape index (κ3) is 3.64. The van der Waals surface area contributed by atoms with Crippen molar-refractivity contribution in [2.45, 2.75) is 32.4 Å². The topological polar surface area (TPSA) is 38.0 Å². The van der Waals surface area contributed by atoms with E-state index in [1.54, 1.807) is 18.3 Å². The fourth-order valence-corrected chi connectivity index (χ4v) is 2.34. The molecule has 0 fully saturated rings. The number of hydrogen-bond acceptors (Lipinski definition) is 2. The van der Waals surface area contributed by atoms with Crippen molar-refractivity contribution in [1.82, 2.24) is 9.78 Å². The van der Waals surface area contributed by atoms with Crippen LogP contribution in [-0.4, -0.2) is 14.9 Å². The number of benzene rings is 1. The number of nitrogens with zero attached hydrogens (tertiary/aromatic N) is 2. The molecule has 102 valence electrons. The van der Waals surface area contributed by atoms with Gasteiger partial charge in [0.2, 0.25) is 0 Å². The number of rotatable bonds is 5. The van der Waals surface area contributed by atoms with E-state index >= 15 is 0 Å². The summed E-state index contributed by atoms with van der Waals surface area (Å²) in [4.78, 5) is 0. The zero-order valence-electron chi connectivity index (χ0n) is 10.7. The lowest BCUT2D eigenvalue weighted by Gasteiger charge is -2.09. The molecule has 2 aromatic rings. The predicted molar refractivity (Wildman–Crippen MR) is 75.3 cm³/mol. The molecular weight excluding hydrogens is 311 g/mol. The quantitative estimate of drug-likeness (QED) is 0.913. The Morgan fingerprint density at radius 3 is 2.95 bits per heavy atom. The number of aromatic nitrogens is 2. The second-order valence-electron chi connectivity index (χ2n) is 4.51. The maximum absolute atomic E-state index is 13.1. The van der Waals surface area contributed by atoms with Gasteiger partial charge in [-0.25, -0.2) is 4.39 Å². The van der Waals surface area contributed by atoms with Crippen LogP contribution in [0.25, 0.3) is 0 Å². The van der Waals surface area contributed by atoms with Crippen LogP contribution in [0.3, 0.4) is 0 Å². The molecule has 1 N–H and O–H groups in total. The fourth-order valence-electron chi connectivity index (χ4n) is 1.91. The third-order valence-corrected chi connectivity index (χ3v) is 3.51. The molecule has 1 aromatic heterocycles. The van der Waals surface area contributed by atoms with Crippen molar-refractivity contribution in [2.75, 3.05) is 0 Å². The molecule has 0 aliphatic heterocycles. The number of aryl methyl sites for hydroxylation is 1. The van der Waals surface area contributed by atoms with Gasteiger partial charge in [-0.1, -0.05) is 13.0 Å². The van der Waals surface area contributed by atoms with Crippen molar-refractivity contribution >= 4 is 15.9 Å². The van der Waals surface area contributed by atoms with Gasteiger partial charge in [-0.15, -0.1) is 0 Å². The Hall–Kier alpha value is -1.20. The lowest BCUT2D eigenvalue weighted by atomic mass is 10.0. The zero-order chi connectivity index (χ0) is 13.8. The van der Waals surface area contributed by atoms with Gasteiger partial charge in [-0.3, -0.25) is 4.68 Å². The summed E-state index contributed by atoms with van der Waals surface area (Å²) in [5.74, 6) is -0.297. The first kappa shape index (κ1) is 14.2. The van der Waals surface area contributed by atoms with Gasteiger partial charge in [-0.05, 0) is 40.0 Å². The Balaban J connectivity index is 2.06. The monoisotopic (exact) mass is 326 g/mol. The van der Waals surface area contributed by atoms with Gasteiger partial charge in [0.25, 0.3) is 0 Å². The number of aliphatic hydroxyl groups excluding tert-OH is 1. The van der Waals surface area contributed by atoms with Crippen LogP contribution in [0.5, 0.6) is 0 Å². The van der Waals surface area contributed by atoms with Crippen LogP contribution >= 0.6 is 15.9 Å². The minimum atomic E-state index is -0.622. The largest absolute Gasteiger partial charge is 0.388 e. The van der Waals surface area contributed by atoms with Crippen LogP contribution < -0.4 is 0 Å².